The molecule has 0 radical (unpaired) electrons. The summed E-state index contributed by atoms with van der Waals surface area (Å²) in [4.78, 5) is 23.4. The van der Waals surface area contributed by atoms with Crippen molar-refractivity contribution in [2.45, 2.75) is 19.4 Å². The van der Waals surface area contributed by atoms with Crippen LogP contribution in [-0.2, 0) is 6.42 Å². The number of non-ortho nitro benzene ring substituents is 1. The molecule has 26 heavy (non-hydrogen) atoms. The van der Waals surface area contributed by atoms with Crippen LogP contribution in [0.15, 0.2) is 48.9 Å². The van der Waals surface area contributed by atoms with Crippen LogP contribution in [0, 0.1) is 10.1 Å². The SMILES string of the molecule is CC(O)CNc1nccc(-n2ccnc2Cc2cccc([N+](=O)[O-])c2)n1. The summed E-state index contributed by atoms with van der Waals surface area (Å²) < 4.78 is 1.80. The predicted molar refractivity (Wildman–Crippen MR) is 95.2 cm³/mol. The van der Waals surface area contributed by atoms with Crippen molar-refractivity contribution in [1.82, 2.24) is 19.5 Å². The first kappa shape index (κ1) is 17.5. The average molecular weight is 354 g/mol. The smallest absolute Gasteiger partial charge is 0.269 e. The maximum Gasteiger partial charge on any atom is 0.269 e. The molecule has 1 atom stereocenters. The zero-order chi connectivity index (χ0) is 18.5. The number of hydrogen-bond donors (Lipinski definition) is 2. The highest BCUT2D eigenvalue weighted by Crippen LogP contribution is 2.17. The number of rotatable bonds is 7. The topological polar surface area (TPSA) is 119 Å². The van der Waals surface area contributed by atoms with Crippen molar-refractivity contribution in [3.05, 3.63) is 70.4 Å². The lowest BCUT2D eigenvalue weighted by Gasteiger charge is -2.10. The molecule has 0 spiro atoms. The van der Waals surface area contributed by atoms with Gasteiger partial charge in [0.15, 0.2) is 0 Å². The quantitative estimate of drug-likeness (QED) is 0.491. The Labute approximate surface area is 149 Å². The molecule has 9 heteroatoms. The van der Waals surface area contributed by atoms with Gasteiger partial charge >= 0.3 is 0 Å². The molecule has 3 aromatic rings. The van der Waals surface area contributed by atoms with Gasteiger partial charge < -0.3 is 10.4 Å². The van der Waals surface area contributed by atoms with Gasteiger partial charge in [-0.05, 0) is 18.6 Å². The zero-order valence-corrected chi connectivity index (χ0v) is 14.1. The highest BCUT2D eigenvalue weighted by Gasteiger charge is 2.11. The first-order chi connectivity index (χ1) is 12.5. The van der Waals surface area contributed by atoms with Gasteiger partial charge in [0.1, 0.15) is 11.6 Å². The van der Waals surface area contributed by atoms with Crippen molar-refractivity contribution >= 4 is 11.6 Å². The molecule has 0 amide bonds. The number of nitrogens with zero attached hydrogens (tertiary/aromatic N) is 5. The lowest BCUT2D eigenvalue weighted by molar-refractivity contribution is -0.384. The Kier molecular flexibility index (Phi) is 5.18. The molecule has 9 nitrogen and oxygen atoms in total. The molecule has 2 N–H and O–H groups in total. The number of imidazole rings is 1. The third-order valence-electron chi connectivity index (χ3n) is 3.64. The number of nitro groups is 1. The minimum absolute atomic E-state index is 0.0484. The van der Waals surface area contributed by atoms with Gasteiger partial charge in [0.05, 0.1) is 11.0 Å². The van der Waals surface area contributed by atoms with Gasteiger partial charge in [0.25, 0.3) is 5.69 Å². The molecule has 134 valence electrons. The van der Waals surface area contributed by atoms with E-state index >= 15 is 0 Å². The summed E-state index contributed by atoms with van der Waals surface area (Å²) in [5.74, 6) is 1.72. The fraction of sp³-hybridized carbons (Fsp3) is 0.235. The Bertz CT molecular complexity index is 909. The van der Waals surface area contributed by atoms with E-state index in [9.17, 15) is 15.2 Å². The van der Waals surface area contributed by atoms with Crippen molar-refractivity contribution in [3.63, 3.8) is 0 Å². The fourth-order valence-electron chi connectivity index (χ4n) is 2.44. The van der Waals surface area contributed by atoms with Crippen LogP contribution < -0.4 is 5.32 Å². The van der Waals surface area contributed by atoms with Crippen molar-refractivity contribution in [3.8, 4) is 5.82 Å². The van der Waals surface area contributed by atoms with E-state index in [1.165, 1.54) is 12.1 Å². The van der Waals surface area contributed by atoms with Crippen LogP contribution in [-0.4, -0.2) is 42.2 Å². The zero-order valence-electron chi connectivity index (χ0n) is 14.1. The van der Waals surface area contributed by atoms with E-state index in [-0.39, 0.29) is 5.69 Å². The Morgan fingerprint density at radius 1 is 1.31 bits per heavy atom. The molecule has 0 aliphatic rings. The van der Waals surface area contributed by atoms with Crippen molar-refractivity contribution in [1.29, 1.82) is 0 Å². The highest BCUT2D eigenvalue weighted by atomic mass is 16.6. The van der Waals surface area contributed by atoms with Crippen LogP contribution >= 0.6 is 0 Å². The number of aromatic nitrogens is 4. The molecule has 0 saturated carbocycles. The second kappa shape index (κ2) is 7.70. The third kappa shape index (κ3) is 4.19. The van der Waals surface area contributed by atoms with Gasteiger partial charge in [-0.25, -0.2) is 9.97 Å². The van der Waals surface area contributed by atoms with E-state index in [2.05, 4.69) is 20.3 Å². The number of aliphatic hydroxyl groups excluding tert-OH is 1. The lowest BCUT2D eigenvalue weighted by Crippen LogP contribution is -2.17. The van der Waals surface area contributed by atoms with E-state index in [1.54, 1.807) is 42.2 Å². The Morgan fingerprint density at radius 2 is 2.15 bits per heavy atom. The van der Waals surface area contributed by atoms with Crippen LogP contribution in [0.4, 0.5) is 11.6 Å². The molecule has 2 heterocycles. The van der Waals surface area contributed by atoms with Crippen LogP contribution in [0.1, 0.15) is 18.3 Å². The summed E-state index contributed by atoms with van der Waals surface area (Å²) in [6.07, 6.45) is 4.95. The second-order valence-corrected chi connectivity index (χ2v) is 5.79. The summed E-state index contributed by atoms with van der Waals surface area (Å²) in [7, 11) is 0. The van der Waals surface area contributed by atoms with Crippen molar-refractivity contribution in [2.75, 3.05) is 11.9 Å². The predicted octanol–water partition coefficient (Wildman–Crippen LogP) is 1.95. The van der Waals surface area contributed by atoms with E-state index < -0.39 is 11.0 Å². The molecular formula is C17H18N6O3. The molecule has 0 aliphatic heterocycles. The van der Waals surface area contributed by atoms with Gasteiger partial charge in [-0.1, -0.05) is 12.1 Å². The minimum atomic E-state index is -0.514. The largest absolute Gasteiger partial charge is 0.392 e. The molecule has 3 rings (SSSR count). The van der Waals surface area contributed by atoms with E-state index in [1.807, 2.05) is 6.07 Å². The number of benzene rings is 1. The first-order valence-corrected chi connectivity index (χ1v) is 8.04. The maximum atomic E-state index is 10.9. The Morgan fingerprint density at radius 3 is 2.92 bits per heavy atom. The second-order valence-electron chi connectivity index (χ2n) is 5.79. The molecule has 0 saturated heterocycles. The van der Waals surface area contributed by atoms with Gasteiger partial charge in [-0.2, -0.15) is 4.98 Å². The number of anilines is 1. The summed E-state index contributed by atoms with van der Waals surface area (Å²) in [5.41, 5.74) is 0.834. The Balaban J connectivity index is 1.84. The van der Waals surface area contributed by atoms with Crippen molar-refractivity contribution < 1.29 is 10.0 Å². The third-order valence-corrected chi connectivity index (χ3v) is 3.64. The summed E-state index contributed by atoms with van der Waals surface area (Å²) >= 11 is 0. The molecule has 1 aromatic carbocycles. The first-order valence-electron chi connectivity index (χ1n) is 8.04. The van der Waals surface area contributed by atoms with E-state index in [4.69, 9.17) is 0 Å². The van der Waals surface area contributed by atoms with Gasteiger partial charge in [-0.15, -0.1) is 0 Å². The maximum absolute atomic E-state index is 10.9. The normalized spacial score (nSPS) is 11.9. The van der Waals surface area contributed by atoms with Gasteiger partial charge in [-0.3, -0.25) is 14.7 Å². The summed E-state index contributed by atoms with van der Waals surface area (Å²) in [6.45, 7) is 2.01. The van der Waals surface area contributed by atoms with Crippen LogP contribution in [0.3, 0.4) is 0 Å². The molecule has 0 bridgehead atoms. The lowest BCUT2D eigenvalue weighted by atomic mass is 10.1. The van der Waals surface area contributed by atoms with Crippen LogP contribution in [0.2, 0.25) is 0 Å². The Hall–Kier alpha value is -3.33. The standard InChI is InChI=1S/C17H18N6O3/c1-12(24)11-20-17-19-6-5-15(21-17)22-8-7-18-16(22)10-13-3-2-4-14(9-13)23(25)26/h2-9,12,24H,10-11H2,1H3,(H,19,20,21). The molecule has 0 fully saturated rings. The molecule has 0 aliphatic carbocycles. The van der Waals surface area contributed by atoms with E-state index in [0.29, 0.717) is 30.6 Å². The highest BCUT2D eigenvalue weighted by molar-refractivity contribution is 5.37. The van der Waals surface area contributed by atoms with Crippen LogP contribution in [0.25, 0.3) is 5.82 Å². The van der Waals surface area contributed by atoms with Crippen molar-refractivity contribution in [2.24, 2.45) is 0 Å². The number of aliphatic hydroxyl groups is 1. The van der Waals surface area contributed by atoms with Gasteiger partial charge in [0, 0.05) is 43.7 Å². The molecule has 2 aromatic heterocycles. The average Bonchev–Trinajstić information content (AvgIpc) is 3.08. The van der Waals surface area contributed by atoms with Crippen LogP contribution in [0.5, 0.6) is 0 Å². The number of nitro benzene ring substituents is 1. The molecule has 1 unspecified atom stereocenters. The number of hydrogen-bond acceptors (Lipinski definition) is 7. The molecular weight excluding hydrogens is 336 g/mol. The monoisotopic (exact) mass is 354 g/mol. The summed E-state index contributed by atoms with van der Waals surface area (Å²) in [5, 5.41) is 23.2. The minimum Gasteiger partial charge on any atom is -0.392 e. The fourth-order valence-corrected chi connectivity index (χ4v) is 2.44. The van der Waals surface area contributed by atoms with E-state index in [0.717, 1.165) is 5.56 Å². The summed E-state index contributed by atoms with van der Waals surface area (Å²) in [6, 6.07) is 8.21. The number of nitrogens with one attached hydrogen (secondary N) is 1. The van der Waals surface area contributed by atoms with Gasteiger partial charge in [0.2, 0.25) is 5.95 Å².